The van der Waals surface area contributed by atoms with Crippen LogP contribution in [0.3, 0.4) is 0 Å². The van der Waals surface area contributed by atoms with Crippen molar-refractivity contribution >= 4 is 12.0 Å². The van der Waals surface area contributed by atoms with Gasteiger partial charge in [-0.2, -0.15) is 0 Å². The minimum absolute atomic E-state index is 0.679. The van der Waals surface area contributed by atoms with Gasteiger partial charge in [0.15, 0.2) is 0 Å². The molecule has 0 heterocycles. The molecule has 0 bridgehead atoms. The second-order valence-electron chi connectivity index (χ2n) is 7.29. The Balaban J connectivity index is 1.64. The second-order valence-corrected chi connectivity index (χ2v) is 7.29. The van der Waals surface area contributed by atoms with Gasteiger partial charge in [-0.05, 0) is 48.4 Å². The lowest BCUT2D eigenvalue weighted by Gasteiger charge is -2.28. The van der Waals surface area contributed by atoms with E-state index in [4.69, 9.17) is 9.84 Å². The molecule has 0 saturated heterocycles. The predicted molar refractivity (Wildman–Crippen MR) is 103 cm³/mol. The average Bonchev–Trinajstić information content (AvgIpc) is 2.63. The summed E-state index contributed by atoms with van der Waals surface area (Å²) >= 11 is 0. The van der Waals surface area contributed by atoms with Crippen LogP contribution in [-0.4, -0.2) is 17.7 Å². The van der Waals surface area contributed by atoms with E-state index in [0.29, 0.717) is 5.92 Å². The Bertz CT molecular complexity index is 525. The van der Waals surface area contributed by atoms with Gasteiger partial charge in [-0.15, -0.1) is 0 Å². The molecule has 1 N–H and O–H groups in total. The fraction of sp³-hybridized carbons (Fsp3) is 0.591. The number of unbranched alkanes of at least 4 members (excludes halogenated alkanes) is 3. The lowest BCUT2D eigenvalue weighted by atomic mass is 9.80. The summed E-state index contributed by atoms with van der Waals surface area (Å²) in [7, 11) is 0. The third kappa shape index (κ3) is 7.76. The zero-order valence-corrected chi connectivity index (χ0v) is 15.5. The van der Waals surface area contributed by atoms with Gasteiger partial charge in [0.1, 0.15) is 5.75 Å². The highest BCUT2D eigenvalue weighted by atomic mass is 16.5. The fourth-order valence-corrected chi connectivity index (χ4v) is 3.60. The molecule has 1 aliphatic carbocycles. The summed E-state index contributed by atoms with van der Waals surface area (Å²) in [6.45, 7) is 3.07. The van der Waals surface area contributed by atoms with Crippen LogP contribution in [-0.2, 0) is 4.79 Å². The van der Waals surface area contributed by atoms with E-state index in [9.17, 15) is 4.79 Å². The van der Waals surface area contributed by atoms with Crippen LogP contribution in [0.25, 0.3) is 6.08 Å². The minimum Gasteiger partial charge on any atom is -0.493 e. The van der Waals surface area contributed by atoms with E-state index in [1.165, 1.54) is 57.8 Å². The van der Waals surface area contributed by atoms with Gasteiger partial charge in [-0.3, -0.25) is 0 Å². The molecular formula is C22H32O3. The SMILES string of the molecule is CCCCCCC1CCC(COc2ccc(/C=C/C(=O)O)cc2)CC1. The quantitative estimate of drug-likeness (QED) is 0.422. The first-order valence-electron chi connectivity index (χ1n) is 9.81. The molecule has 3 nitrogen and oxygen atoms in total. The summed E-state index contributed by atoms with van der Waals surface area (Å²) in [6.07, 6.45) is 15.0. The molecule has 0 spiro atoms. The largest absolute Gasteiger partial charge is 0.493 e. The summed E-state index contributed by atoms with van der Waals surface area (Å²) in [5.41, 5.74) is 0.873. The minimum atomic E-state index is -0.929. The maximum absolute atomic E-state index is 10.5. The fourth-order valence-electron chi connectivity index (χ4n) is 3.60. The highest BCUT2D eigenvalue weighted by Gasteiger charge is 2.21. The molecule has 2 rings (SSSR count). The van der Waals surface area contributed by atoms with Gasteiger partial charge in [-0.1, -0.05) is 64.0 Å². The summed E-state index contributed by atoms with van der Waals surface area (Å²) in [6, 6.07) is 7.62. The lowest BCUT2D eigenvalue weighted by Crippen LogP contribution is -2.20. The molecule has 0 aliphatic heterocycles. The monoisotopic (exact) mass is 344 g/mol. The van der Waals surface area contributed by atoms with Gasteiger partial charge >= 0.3 is 5.97 Å². The number of aliphatic carboxylic acids is 1. The van der Waals surface area contributed by atoms with Crippen molar-refractivity contribution in [3.8, 4) is 5.75 Å². The lowest BCUT2D eigenvalue weighted by molar-refractivity contribution is -0.131. The molecule has 3 heteroatoms. The summed E-state index contributed by atoms with van der Waals surface area (Å²) < 4.78 is 5.93. The maximum Gasteiger partial charge on any atom is 0.328 e. The van der Waals surface area contributed by atoms with E-state index in [0.717, 1.165) is 29.9 Å². The molecule has 1 aromatic carbocycles. The predicted octanol–water partition coefficient (Wildman–Crippen LogP) is 5.94. The molecule has 138 valence electrons. The van der Waals surface area contributed by atoms with Crippen molar-refractivity contribution in [1.29, 1.82) is 0 Å². The zero-order chi connectivity index (χ0) is 17.9. The van der Waals surface area contributed by atoms with Crippen LogP contribution in [0.2, 0.25) is 0 Å². The maximum atomic E-state index is 10.5. The van der Waals surface area contributed by atoms with Crippen molar-refractivity contribution < 1.29 is 14.6 Å². The summed E-state index contributed by atoms with van der Waals surface area (Å²) in [5.74, 6) is 1.56. The van der Waals surface area contributed by atoms with Crippen LogP contribution in [0.4, 0.5) is 0 Å². The summed E-state index contributed by atoms with van der Waals surface area (Å²) in [4.78, 5) is 10.5. The zero-order valence-electron chi connectivity index (χ0n) is 15.5. The number of carboxylic acid groups (broad SMARTS) is 1. The van der Waals surface area contributed by atoms with Crippen LogP contribution in [0.1, 0.15) is 70.3 Å². The number of carboxylic acids is 1. The van der Waals surface area contributed by atoms with E-state index in [1.807, 2.05) is 24.3 Å². The van der Waals surface area contributed by atoms with E-state index in [2.05, 4.69) is 6.92 Å². The molecular weight excluding hydrogens is 312 g/mol. The first kappa shape index (κ1) is 19.6. The van der Waals surface area contributed by atoms with Crippen LogP contribution in [0.15, 0.2) is 30.3 Å². The Labute approximate surface area is 152 Å². The molecule has 1 fully saturated rings. The van der Waals surface area contributed by atoms with Gasteiger partial charge in [0.05, 0.1) is 6.61 Å². The van der Waals surface area contributed by atoms with Gasteiger partial charge in [0.2, 0.25) is 0 Å². The molecule has 0 radical (unpaired) electrons. The first-order valence-corrected chi connectivity index (χ1v) is 9.81. The normalized spacial score (nSPS) is 20.7. The van der Waals surface area contributed by atoms with Crippen molar-refractivity contribution in [2.24, 2.45) is 11.8 Å². The van der Waals surface area contributed by atoms with E-state index in [1.54, 1.807) is 6.08 Å². The number of benzene rings is 1. The number of hydrogen-bond acceptors (Lipinski definition) is 2. The van der Waals surface area contributed by atoms with Crippen LogP contribution in [0.5, 0.6) is 5.75 Å². The van der Waals surface area contributed by atoms with Gasteiger partial charge < -0.3 is 9.84 Å². The number of carbonyl (C=O) groups is 1. The Morgan fingerprint density at radius 1 is 1.08 bits per heavy atom. The van der Waals surface area contributed by atoms with Crippen LogP contribution < -0.4 is 4.74 Å². The first-order chi connectivity index (χ1) is 12.2. The Kier molecular flexibility index (Phi) is 8.58. The topological polar surface area (TPSA) is 46.5 Å². The van der Waals surface area contributed by atoms with Crippen LogP contribution in [0, 0.1) is 11.8 Å². The van der Waals surface area contributed by atoms with Crippen molar-refractivity contribution in [2.75, 3.05) is 6.61 Å². The van der Waals surface area contributed by atoms with Crippen molar-refractivity contribution in [1.82, 2.24) is 0 Å². The van der Waals surface area contributed by atoms with Crippen molar-refractivity contribution in [2.45, 2.75) is 64.7 Å². The third-order valence-electron chi connectivity index (χ3n) is 5.22. The van der Waals surface area contributed by atoms with Gasteiger partial charge in [-0.25, -0.2) is 4.79 Å². The number of hydrogen-bond donors (Lipinski definition) is 1. The highest BCUT2D eigenvalue weighted by Crippen LogP contribution is 2.32. The average molecular weight is 344 g/mol. The molecule has 0 atom stereocenters. The van der Waals surface area contributed by atoms with Gasteiger partial charge in [0.25, 0.3) is 0 Å². The highest BCUT2D eigenvalue weighted by molar-refractivity contribution is 5.85. The molecule has 25 heavy (non-hydrogen) atoms. The van der Waals surface area contributed by atoms with Crippen LogP contribution >= 0.6 is 0 Å². The van der Waals surface area contributed by atoms with Crippen molar-refractivity contribution in [3.05, 3.63) is 35.9 Å². The van der Waals surface area contributed by atoms with E-state index >= 15 is 0 Å². The molecule has 1 aromatic rings. The Morgan fingerprint density at radius 3 is 2.40 bits per heavy atom. The van der Waals surface area contributed by atoms with Gasteiger partial charge in [0, 0.05) is 6.08 Å². The molecule has 0 aromatic heterocycles. The van der Waals surface area contributed by atoms with Crippen molar-refractivity contribution in [3.63, 3.8) is 0 Å². The number of rotatable bonds is 10. The molecule has 0 unspecified atom stereocenters. The second kappa shape index (κ2) is 11.0. The Morgan fingerprint density at radius 2 is 1.76 bits per heavy atom. The smallest absolute Gasteiger partial charge is 0.328 e. The summed E-state index contributed by atoms with van der Waals surface area (Å²) in [5, 5.41) is 8.64. The third-order valence-corrected chi connectivity index (χ3v) is 5.22. The Hall–Kier alpha value is -1.77. The van der Waals surface area contributed by atoms with E-state index in [-0.39, 0.29) is 0 Å². The van der Waals surface area contributed by atoms with E-state index < -0.39 is 5.97 Å². The standard InChI is InChI=1S/C22H32O3/c1-2-3-4-5-6-18-7-9-20(10-8-18)17-25-21-14-11-19(12-15-21)13-16-22(23)24/h11-16,18,20H,2-10,17H2,1H3,(H,23,24)/b16-13+. The molecule has 1 saturated carbocycles. The number of ether oxygens (including phenoxy) is 1. The molecule has 0 amide bonds. The molecule has 1 aliphatic rings.